The van der Waals surface area contributed by atoms with Crippen molar-refractivity contribution in [2.24, 2.45) is 0 Å². The van der Waals surface area contributed by atoms with Crippen LogP contribution in [0.5, 0.6) is 0 Å². The van der Waals surface area contributed by atoms with Crippen molar-refractivity contribution in [2.75, 3.05) is 12.8 Å². The highest BCUT2D eigenvalue weighted by Crippen LogP contribution is 2.14. The third-order valence-electron chi connectivity index (χ3n) is 2.00. The van der Waals surface area contributed by atoms with Gasteiger partial charge in [0.2, 0.25) is 9.47 Å². The van der Waals surface area contributed by atoms with Crippen molar-refractivity contribution in [2.45, 2.75) is 18.6 Å². The Bertz CT molecular complexity index is 396. The highest BCUT2D eigenvalue weighted by molar-refractivity contribution is 7.84. The van der Waals surface area contributed by atoms with Gasteiger partial charge in [0.15, 0.2) is 0 Å². The molecule has 0 aliphatic rings. The van der Waals surface area contributed by atoms with Gasteiger partial charge in [-0.15, -0.1) is 10.2 Å². The first-order valence-corrected chi connectivity index (χ1v) is 7.41. The van der Waals surface area contributed by atoms with Gasteiger partial charge in [-0.25, -0.2) is 0 Å². The highest BCUT2D eigenvalue weighted by Gasteiger charge is 2.12. The molecule has 0 fully saturated rings. The third-order valence-corrected chi connectivity index (χ3v) is 4.38. The topological polar surface area (TPSA) is 72.0 Å². The standard InChI is InChI=1S/C8H12ClN3O2S2/c1-5(16(2)14)3-4-10-6(13)7-11-12-8(9)15-7/h5H,3-4H2,1-2H3,(H,10,13). The van der Waals surface area contributed by atoms with Crippen molar-refractivity contribution in [3.05, 3.63) is 9.47 Å². The number of aromatic nitrogens is 2. The summed E-state index contributed by atoms with van der Waals surface area (Å²) >= 11 is 6.59. The normalized spacial score (nSPS) is 14.4. The van der Waals surface area contributed by atoms with E-state index in [9.17, 15) is 9.00 Å². The molecule has 2 atom stereocenters. The molecule has 0 aliphatic heterocycles. The van der Waals surface area contributed by atoms with Gasteiger partial charge in [0.25, 0.3) is 5.91 Å². The second-order valence-electron chi connectivity index (χ2n) is 3.21. The van der Waals surface area contributed by atoms with Crippen LogP contribution in [0.4, 0.5) is 0 Å². The van der Waals surface area contributed by atoms with Gasteiger partial charge in [-0.2, -0.15) is 0 Å². The minimum absolute atomic E-state index is 0.0679. The Hall–Kier alpha value is -0.530. The molecule has 8 heteroatoms. The van der Waals surface area contributed by atoms with Gasteiger partial charge >= 0.3 is 0 Å². The van der Waals surface area contributed by atoms with Crippen molar-refractivity contribution in [1.82, 2.24) is 15.5 Å². The Morgan fingerprint density at radius 1 is 1.62 bits per heavy atom. The van der Waals surface area contributed by atoms with Crippen molar-refractivity contribution < 1.29 is 9.00 Å². The quantitative estimate of drug-likeness (QED) is 0.877. The molecule has 5 nitrogen and oxygen atoms in total. The van der Waals surface area contributed by atoms with E-state index in [2.05, 4.69) is 15.5 Å². The number of rotatable bonds is 5. The van der Waals surface area contributed by atoms with E-state index in [1.807, 2.05) is 6.92 Å². The molecule has 2 unspecified atom stereocenters. The molecule has 0 saturated carbocycles. The van der Waals surface area contributed by atoms with E-state index in [-0.39, 0.29) is 20.6 Å². The molecule has 0 saturated heterocycles. The van der Waals surface area contributed by atoms with Gasteiger partial charge in [-0.1, -0.05) is 18.3 Å². The Morgan fingerprint density at radius 2 is 2.31 bits per heavy atom. The Balaban J connectivity index is 2.34. The van der Waals surface area contributed by atoms with Crippen LogP contribution in [-0.2, 0) is 10.8 Å². The first kappa shape index (κ1) is 13.5. The van der Waals surface area contributed by atoms with Crippen LogP contribution in [-0.4, -0.2) is 38.4 Å². The van der Waals surface area contributed by atoms with E-state index in [1.54, 1.807) is 6.26 Å². The molecule has 1 heterocycles. The smallest absolute Gasteiger partial charge is 0.282 e. The number of nitrogens with one attached hydrogen (secondary N) is 1. The van der Waals surface area contributed by atoms with E-state index < -0.39 is 10.8 Å². The number of amides is 1. The fourth-order valence-corrected chi connectivity index (χ4v) is 2.12. The number of hydrogen-bond donors (Lipinski definition) is 1. The molecule has 1 N–H and O–H groups in total. The van der Waals surface area contributed by atoms with Gasteiger partial charge in [-0.05, 0) is 18.0 Å². The number of hydrogen-bond acceptors (Lipinski definition) is 5. The number of halogens is 1. The maximum Gasteiger partial charge on any atom is 0.282 e. The highest BCUT2D eigenvalue weighted by atomic mass is 35.5. The molecule has 0 aromatic carbocycles. The predicted octanol–water partition coefficient (Wildman–Crippen LogP) is 1.08. The summed E-state index contributed by atoms with van der Waals surface area (Å²) in [5.74, 6) is -0.293. The largest absolute Gasteiger partial charge is 0.350 e. The number of nitrogens with zero attached hydrogens (tertiary/aromatic N) is 2. The minimum Gasteiger partial charge on any atom is -0.350 e. The van der Waals surface area contributed by atoms with E-state index in [4.69, 9.17) is 11.6 Å². The third kappa shape index (κ3) is 4.15. The second-order valence-corrected chi connectivity index (χ2v) is 6.58. The van der Waals surface area contributed by atoms with Gasteiger partial charge < -0.3 is 5.32 Å². The molecule has 0 aliphatic carbocycles. The molecule has 1 aromatic heterocycles. The average molecular weight is 282 g/mol. The first-order valence-electron chi connectivity index (χ1n) is 4.60. The van der Waals surface area contributed by atoms with E-state index in [0.29, 0.717) is 13.0 Å². The molecule has 1 amide bonds. The van der Waals surface area contributed by atoms with Gasteiger partial charge in [-0.3, -0.25) is 9.00 Å². The monoisotopic (exact) mass is 281 g/mol. The Kier molecular flexibility index (Phi) is 5.30. The fraction of sp³-hybridized carbons (Fsp3) is 0.625. The van der Waals surface area contributed by atoms with Crippen molar-refractivity contribution in [3.8, 4) is 0 Å². The molecule has 0 bridgehead atoms. The van der Waals surface area contributed by atoms with Crippen LogP contribution >= 0.6 is 22.9 Å². The van der Waals surface area contributed by atoms with Gasteiger partial charge in [0, 0.05) is 28.9 Å². The molecule has 16 heavy (non-hydrogen) atoms. The summed E-state index contributed by atoms with van der Waals surface area (Å²) in [6.45, 7) is 2.35. The minimum atomic E-state index is -0.863. The molecule has 0 spiro atoms. The fourth-order valence-electron chi connectivity index (χ4n) is 0.928. The van der Waals surface area contributed by atoms with Crippen LogP contribution in [0.2, 0.25) is 4.47 Å². The van der Waals surface area contributed by atoms with Crippen LogP contribution in [0, 0.1) is 0 Å². The summed E-state index contributed by atoms with van der Waals surface area (Å²) < 4.78 is 11.3. The summed E-state index contributed by atoms with van der Waals surface area (Å²) in [6, 6.07) is 0. The summed E-state index contributed by atoms with van der Waals surface area (Å²) in [5.41, 5.74) is 0. The van der Waals surface area contributed by atoms with Crippen LogP contribution in [0.15, 0.2) is 0 Å². The molecule has 1 rings (SSSR count). The van der Waals surface area contributed by atoms with Crippen LogP contribution < -0.4 is 5.32 Å². The van der Waals surface area contributed by atoms with Crippen molar-refractivity contribution >= 4 is 39.6 Å². The zero-order chi connectivity index (χ0) is 12.1. The maximum absolute atomic E-state index is 11.5. The summed E-state index contributed by atoms with van der Waals surface area (Å²) in [5, 5.41) is 10.1. The predicted molar refractivity (Wildman–Crippen MR) is 65.4 cm³/mol. The van der Waals surface area contributed by atoms with E-state index >= 15 is 0 Å². The zero-order valence-corrected chi connectivity index (χ0v) is 11.3. The first-order chi connectivity index (χ1) is 7.50. The second kappa shape index (κ2) is 6.27. The zero-order valence-electron chi connectivity index (χ0n) is 8.90. The lowest BCUT2D eigenvalue weighted by Gasteiger charge is -2.07. The van der Waals surface area contributed by atoms with Crippen molar-refractivity contribution in [1.29, 1.82) is 0 Å². The SMILES string of the molecule is CC(CCNC(=O)c1nnc(Cl)s1)S(C)=O. The number of carbonyl (C=O) groups is 1. The van der Waals surface area contributed by atoms with Crippen LogP contribution in [0.1, 0.15) is 23.1 Å². The molecule has 90 valence electrons. The maximum atomic E-state index is 11.5. The summed E-state index contributed by atoms with van der Waals surface area (Å²) in [6.07, 6.45) is 2.32. The molecular formula is C8H12ClN3O2S2. The Labute approximate surface area is 105 Å². The molecular weight excluding hydrogens is 270 g/mol. The summed E-state index contributed by atoms with van der Waals surface area (Å²) in [4.78, 5) is 11.5. The number of carbonyl (C=O) groups excluding carboxylic acids is 1. The molecule has 1 aromatic rings. The van der Waals surface area contributed by atoms with Gasteiger partial charge in [0.1, 0.15) is 0 Å². The van der Waals surface area contributed by atoms with Crippen LogP contribution in [0.3, 0.4) is 0 Å². The lowest BCUT2D eigenvalue weighted by atomic mass is 10.3. The lowest BCUT2D eigenvalue weighted by Crippen LogP contribution is -2.27. The molecule has 0 radical (unpaired) electrons. The average Bonchev–Trinajstić information content (AvgIpc) is 2.64. The Morgan fingerprint density at radius 3 is 2.81 bits per heavy atom. The van der Waals surface area contributed by atoms with E-state index in [1.165, 1.54) is 0 Å². The van der Waals surface area contributed by atoms with Crippen LogP contribution in [0.25, 0.3) is 0 Å². The lowest BCUT2D eigenvalue weighted by molar-refractivity contribution is 0.0952. The van der Waals surface area contributed by atoms with Crippen molar-refractivity contribution in [3.63, 3.8) is 0 Å². The summed E-state index contributed by atoms with van der Waals surface area (Å²) in [7, 11) is -0.863. The van der Waals surface area contributed by atoms with E-state index in [0.717, 1.165) is 11.3 Å². The van der Waals surface area contributed by atoms with Gasteiger partial charge in [0.05, 0.1) is 0 Å².